The van der Waals surface area contributed by atoms with Crippen LogP contribution in [-0.4, -0.2) is 42.2 Å². The molecular formula is C14H24N2O2S. The van der Waals surface area contributed by atoms with E-state index in [4.69, 9.17) is 5.11 Å². The Balaban J connectivity index is 2.21. The Morgan fingerprint density at radius 1 is 1.32 bits per heavy atom. The first kappa shape index (κ1) is 16.1. The van der Waals surface area contributed by atoms with Gasteiger partial charge in [0.2, 0.25) is 0 Å². The van der Waals surface area contributed by atoms with E-state index in [0.717, 1.165) is 37.6 Å². The predicted octanol–water partition coefficient (Wildman–Crippen LogP) is 2.20. The molecule has 1 heterocycles. The van der Waals surface area contributed by atoms with Crippen molar-refractivity contribution in [3.63, 3.8) is 0 Å². The molecule has 0 aliphatic carbocycles. The third kappa shape index (κ3) is 6.71. The molecule has 1 aromatic rings. The first-order chi connectivity index (χ1) is 9.15. The van der Waals surface area contributed by atoms with E-state index in [1.54, 1.807) is 11.3 Å². The number of carboxylic acid groups (broad SMARTS) is 1. The lowest BCUT2D eigenvalue weighted by atomic mass is 10.3. The first-order valence-corrected chi connectivity index (χ1v) is 7.69. The van der Waals surface area contributed by atoms with Crippen LogP contribution in [0.4, 0.5) is 0 Å². The number of thiophene rings is 1. The van der Waals surface area contributed by atoms with Crippen LogP contribution in [0, 0.1) is 0 Å². The topological polar surface area (TPSA) is 52.6 Å². The summed E-state index contributed by atoms with van der Waals surface area (Å²) in [5.41, 5.74) is 0. The highest BCUT2D eigenvalue weighted by Crippen LogP contribution is 2.16. The van der Waals surface area contributed by atoms with Crippen LogP contribution in [0.25, 0.3) is 0 Å². The van der Waals surface area contributed by atoms with Gasteiger partial charge in [0.15, 0.2) is 0 Å². The Bertz CT molecular complexity index is 379. The van der Waals surface area contributed by atoms with Crippen LogP contribution in [0.15, 0.2) is 12.1 Å². The molecule has 108 valence electrons. The lowest BCUT2D eigenvalue weighted by molar-refractivity contribution is -0.136. The van der Waals surface area contributed by atoms with Crippen LogP contribution in [0.5, 0.6) is 0 Å². The van der Waals surface area contributed by atoms with E-state index in [2.05, 4.69) is 24.1 Å². The standard InChI is InChI=1S/C14H24N2O2S/c1-3-8-16(4-2)9-7-15-11-13-6-5-12(19-13)10-14(17)18/h5-6,15H,3-4,7-11H2,1-2H3,(H,17,18). The average molecular weight is 284 g/mol. The Kier molecular flexibility index (Phi) is 7.70. The van der Waals surface area contributed by atoms with Crippen molar-refractivity contribution in [3.8, 4) is 0 Å². The molecule has 2 N–H and O–H groups in total. The summed E-state index contributed by atoms with van der Waals surface area (Å²) < 4.78 is 0. The summed E-state index contributed by atoms with van der Waals surface area (Å²) in [5.74, 6) is -0.764. The largest absolute Gasteiger partial charge is 0.481 e. The minimum atomic E-state index is -0.764. The summed E-state index contributed by atoms with van der Waals surface area (Å²) in [7, 11) is 0. The molecule has 0 radical (unpaired) electrons. The smallest absolute Gasteiger partial charge is 0.308 e. The first-order valence-electron chi connectivity index (χ1n) is 6.88. The maximum absolute atomic E-state index is 10.6. The van der Waals surface area contributed by atoms with Crippen molar-refractivity contribution in [2.45, 2.75) is 33.2 Å². The minimum Gasteiger partial charge on any atom is -0.481 e. The molecule has 0 amide bonds. The molecule has 1 aromatic heterocycles. The second kappa shape index (κ2) is 9.07. The van der Waals surface area contributed by atoms with Gasteiger partial charge in [-0.05, 0) is 31.6 Å². The monoisotopic (exact) mass is 284 g/mol. The van der Waals surface area contributed by atoms with E-state index in [-0.39, 0.29) is 6.42 Å². The summed E-state index contributed by atoms with van der Waals surface area (Å²) in [5, 5.41) is 12.1. The third-order valence-corrected chi connectivity index (χ3v) is 4.02. The fourth-order valence-corrected chi connectivity index (χ4v) is 2.93. The van der Waals surface area contributed by atoms with E-state index in [9.17, 15) is 4.79 Å². The maximum Gasteiger partial charge on any atom is 0.308 e. The van der Waals surface area contributed by atoms with E-state index >= 15 is 0 Å². The van der Waals surface area contributed by atoms with Crippen molar-refractivity contribution in [1.82, 2.24) is 10.2 Å². The van der Waals surface area contributed by atoms with Crippen molar-refractivity contribution in [2.24, 2.45) is 0 Å². The van der Waals surface area contributed by atoms with Crippen molar-refractivity contribution in [3.05, 3.63) is 21.9 Å². The molecule has 5 heteroatoms. The molecule has 4 nitrogen and oxygen atoms in total. The molecule has 1 rings (SSSR count). The quantitative estimate of drug-likeness (QED) is 0.647. The Morgan fingerprint density at radius 2 is 2.05 bits per heavy atom. The summed E-state index contributed by atoms with van der Waals surface area (Å²) in [4.78, 5) is 15.1. The number of nitrogens with one attached hydrogen (secondary N) is 1. The molecule has 0 bridgehead atoms. The van der Waals surface area contributed by atoms with Crippen LogP contribution in [0.1, 0.15) is 30.0 Å². The molecule has 19 heavy (non-hydrogen) atoms. The zero-order chi connectivity index (χ0) is 14.1. The fraction of sp³-hybridized carbons (Fsp3) is 0.643. The van der Waals surface area contributed by atoms with Gasteiger partial charge < -0.3 is 15.3 Å². The molecule has 0 aliphatic rings. The Labute approximate surface area is 119 Å². The highest BCUT2D eigenvalue weighted by atomic mass is 32.1. The highest BCUT2D eigenvalue weighted by molar-refractivity contribution is 7.12. The van der Waals surface area contributed by atoms with E-state index in [1.807, 2.05) is 12.1 Å². The lowest BCUT2D eigenvalue weighted by Crippen LogP contribution is -2.32. The summed E-state index contributed by atoms with van der Waals surface area (Å²) in [6.45, 7) is 9.50. The Hall–Kier alpha value is -0.910. The lowest BCUT2D eigenvalue weighted by Gasteiger charge is -2.19. The van der Waals surface area contributed by atoms with Gasteiger partial charge in [-0.15, -0.1) is 11.3 Å². The second-order valence-corrected chi connectivity index (χ2v) is 5.80. The van der Waals surface area contributed by atoms with Gasteiger partial charge in [0.05, 0.1) is 6.42 Å². The van der Waals surface area contributed by atoms with Gasteiger partial charge in [0.25, 0.3) is 0 Å². The average Bonchev–Trinajstić information content (AvgIpc) is 2.80. The van der Waals surface area contributed by atoms with E-state index < -0.39 is 5.97 Å². The van der Waals surface area contributed by atoms with Crippen molar-refractivity contribution >= 4 is 17.3 Å². The van der Waals surface area contributed by atoms with Gasteiger partial charge in [-0.1, -0.05) is 13.8 Å². The van der Waals surface area contributed by atoms with Crippen molar-refractivity contribution in [1.29, 1.82) is 0 Å². The van der Waals surface area contributed by atoms with Crippen LogP contribution in [0.2, 0.25) is 0 Å². The SMILES string of the molecule is CCCN(CC)CCNCc1ccc(CC(=O)O)s1. The molecule has 0 aromatic carbocycles. The number of aliphatic carboxylic acids is 1. The van der Waals surface area contributed by atoms with Gasteiger partial charge in [0.1, 0.15) is 0 Å². The van der Waals surface area contributed by atoms with Crippen LogP contribution in [-0.2, 0) is 17.8 Å². The van der Waals surface area contributed by atoms with Gasteiger partial charge in [0, 0.05) is 29.4 Å². The number of rotatable bonds is 10. The van der Waals surface area contributed by atoms with Crippen LogP contribution < -0.4 is 5.32 Å². The summed E-state index contributed by atoms with van der Waals surface area (Å²) >= 11 is 1.58. The van der Waals surface area contributed by atoms with E-state index in [1.165, 1.54) is 11.3 Å². The molecular weight excluding hydrogens is 260 g/mol. The van der Waals surface area contributed by atoms with E-state index in [0.29, 0.717) is 0 Å². The van der Waals surface area contributed by atoms with Gasteiger partial charge in [-0.3, -0.25) is 4.79 Å². The number of nitrogens with zero attached hydrogens (tertiary/aromatic N) is 1. The Morgan fingerprint density at radius 3 is 2.68 bits per heavy atom. The molecule has 0 atom stereocenters. The van der Waals surface area contributed by atoms with Crippen molar-refractivity contribution < 1.29 is 9.90 Å². The number of carbonyl (C=O) groups is 1. The molecule has 0 unspecified atom stereocenters. The van der Waals surface area contributed by atoms with Gasteiger partial charge >= 0.3 is 5.97 Å². The molecule has 0 saturated carbocycles. The number of carboxylic acids is 1. The third-order valence-electron chi connectivity index (χ3n) is 2.93. The van der Waals surface area contributed by atoms with Crippen molar-refractivity contribution in [2.75, 3.05) is 26.2 Å². The van der Waals surface area contributed by atoms with Gasteiger partial charge in [-0.2, -0.15) is 0 Å². The zero-order valence-electron chi connectivity index (χ0n) is 11.8. The van der Waals surface area contributed by atoms with Gasteiger partial charge in [-0.25, -0.2) is 0 Å². The summed E-state index contributed by atoms with van der Waals surface area (Å²) in [6, 6.07) is 3.92. The molecule has 0 spiro atoms. The number of hydrogen-bond acceptors (Lipinski definition) is 4. The highest BCUT2D eigenvalue weighted by Gasteiger charge is 2.05. The zero-order valence-corrected chi connectivity index (χ0v) is 12.6. The second-order valence-electron chi connectivity index (χ2n) is 4.55. The fourth-order valence-electron chi connectivity index (χ4n) is 1.95. The summed E-state index contributed by atoms with van der Waals surface area (Å²) in [6.07, 6.45) is 1.32. The molecule has 0 saturated heterocycles. The predicted molar refractivity (Wildman–Crippen MR) is 79.8 cm³/mol. The minimum absolute atomic E-state index is 0.130. The molecule has 0 aliphatic heterocycles. The van der Waals surface area contributed by atoms with Crippen LogP contribution in [0.3, 0.4) is 0 Å². The van der Waals surface area contributed by atoms with Crippen LogP contribution >= 0.6 is 11.3 Å². The maximum atomic E-state index is 10.6. The normalized spacial score (nSPS) is 11.1. The molecule has 0 fully saturated rings. The number of likely N-dealkylation sites (N-methyl/N-ethyl adjacent to an activating group) is 1. The number of hydrogen-bond donors (Lipinski definition) is 2.